The van der Waals surface area contributed by atoms with Crippen LogP contribution in [-0.2, 0) is 11.3 Å². The van der Waals surface area contributed by atoms with Gasteiger partial charge in [-0.1, -0.05) is 11.6 Å². The molecule has 1 aromatic rings. The largest absolute Gasteiger partial charge is 0.381 e. The minimum absolute atomic E-state index is 0.540. The van der Waals surface area contributed by atoms with E-state index in [9.17, 15) is 0 Å². The van der Waals surface area contributed by atoms with Crippen LogP contribution in [0.1, 0.15) is 24.6 Å². The molecule has 2 rings (SSSR count). The van der Waals surface area contributed by atoms with E-state index in [0.717, 1.165) is 34.5 Å². The van der Waals surface area contributed by atoms with Crippen LogP contribution in [-0.4, -0.2) is 19.3 Å². The SMILES string of the molecule is CC(NCc1cc(Br)c(Cl)s1)C1CCOCC1. The zero-order valence-corrected chi connectivity index (χ0v) is 13.0. The van der Waals surface area contributed by atoms with Gasteiger partial charge in [-0.2, -0.15) is 0 Å². The standard InChI is InChI=1S/C12H17BrClNOS/c1-8(9-2-4-16-5-3-9)15-7-10-6-11(13)12(14)17-10/h6,8-9,15H,2-5,7H2,1H3. The van der Waals surface area contributed by atoms with Crippen molar-refractivity contribution in [1.82, 2.24) is 5.32 Å². The summed E-state index contributed by atoms with van der Waals surface area (Å²) in [6, 6.07) is 2.63. The summed E-state index contributed by atoms with van der Waals surface area (Å²) in [6.45, 7) is 4.98. The van der Waals surface area contributed by atoms with Gasteiger partial charge in [0.1, 0.15) is 4.34 Å². The van der Waals surface area contributed by atoms with Gasteiger partial charge in [-0.05, 0) is 47.7 Å². The van der Waals surface area contributed by atoms with Gasteiger partial charge < -0.3 is 10.1 Å². The average Bonchev–Trinajstić information content (AvgIpc) is 2.67. The summed E-state index contributed by atoms with van der Waals surface area (Å²) in [5.74, 6) is 0.739. The molecule has 0 spiro atoms. The van der Waals surface area contributed by atoms with Crippen LogP contribution in [0.3, 0.4) is 0 Å². The summed E-state index contributed by atoms with van der Waals surface area (Å²) in [4.78, 5) is 1.28. The maximum Gasteiger partial charge on any atom is 0.107 e. The monoisotopic (exact) mass is 337 g/mol. The van der Waals surface area contributed by atoms with Crippen LogP contribution in [0, 0.1) is 5.92 Å². The highest BCUT2D eigenvalue weighted by Crippen LogP contribution is 2.32. The molecule has 0 saturated carbocycles. The number of halogens is 2. The maximum atomic E-state index is 6.02. The summed E-state index contributed by atoms with van der Waals surface area (Å²) in [7, 11) is 0. The Bertz CT molecular complexity index is 346. The van der Waals surface area contributed by atoms with E-state index >= 15 is 0 Å². The van der Waals surface area contributed by atoms with Gasteiger partial charge >= 0.3 is 0 Å². The van der Waals surface area contributed by atoms with Gasteiger partial charge in [-0.3, -0.25) is 0 Å². The topological polar surface area (TPSA) is 21.3 Å². The molecule has 2 nitrogen and oxygen atoms in total. The van der Waals surface area contributed by atoms with Crippen LogP contribution in [0.15, 0.2) is 10.5 Å². The number of hydrogen-bond acceptors (Lipinski definition) is 3. The van der Waals surface area contributed by atoms with Gasteiger partial charge in [-0.25, -0.2) is 0 Å². The van der Waals surface area contributed by atoms with Crippen LogP contribution in [0.25, 0.3) is 0 Å². The molecule has 5 heteroatoms. The molecule has 1 unspecified atom stereocenters. The predicted molar refractivity (Wildman–Crippen MR) is 76.9 cm³/mol. The van der Waals surface area contributed by atoms with Crippen molar-refractivity contribution >= 4 is 38.9 Å². The molecule has 1 atom stereocenters. The summed E-state index contributed by atoms with van der Waals surface area (Å²) in [5, 5.41) is 3.58. The maximum absolute atomic E-state index is 6.02. The first-order valence-electron chi connectivity index (χ1n) is 5.91. The van der Waals surface area contributed by atoms with Gasteiger partial charge in [-0.15, -0.1) is 11.3 Å². The minimum atomic E-state index is 0.540. The van der Waals surface area contributed by atoms with Crippen molar-refractivity contribution in [2.75, 3.05) is 13.2 Å². The highest BCUT2D eigenvalue weighted by molar-refractivity contribution is 9.10. The second-order valence-corrected chi connectivity index (χ2v) is 7.05. The zero-order valence-electron chi connectivity index (χ0n) is 9.84. The molecule has 0 amide bonds. The van der Waals surface area contributed by atoms with Gasteiger partial charge in [0.15, 0.2) is 0 Å². The van der Waals surface area contributed by atoms with Crippen LogP contribution in [0.5, 0.6) is 0 Å². The lowest BCUT2D eigenvalue weighted by atomic mass is 9.93. The Morgan fingerprint density at radius 3 is 2.88 bits per heavy atom. The molecular weight excluding hydrogens is 322 g/mol. The third kappa shape index (κ3) is 3.93. The molecular formula is C12H17BrClNOS. The Morgan fingerprint density at radius 1 is 1.59 bits per heavy atom. The summed E-state index contributed by atoms with van der Waals surface area (Å²) in [5.41, 5.74) is 0. The predicted octanol–water partition coefficient (Wildman–Crippen LogP) is 4.07. The Hall–Kier alpha value is 0.390. The molecule has 96 valence electrons. The first-order chi connectivity index (χ1) is 8.16. The summed E-state index contributed by atoms with van der Waals surface area (Å²) in [6.07, 6.45) is 2.34. The highest BCUT2D eigenvalue weighted by atomic mass is 79.9. The van der Waals surface area contributed by atoms with Crippen molar-refractivity contribution < 1.29 is 4.74 Å². The van der Waals surface area contributed by atoms with Gasteiger partial charge in [0, 0.05) is 35.2 Å². The first kappa shape index (κ1) is 13.8. The number of hydrogen-bond donors (Lipinski definition) is 1. The molecule has 0 bridgehead atoms. The Labute approximate surface area is 120 Å². The molecule has 1 aliphatic heterocycles. The molecule has 1 fully saturated rings. The van der Waals surface area contributed by atoms with E-state index in [-0.39, 0.29) is 0 Å². The second kappa shape index (κ2) is 6.53. The van der Waals surface area contributed by atoms with Crippen molar-refractivity contribution in [2.45, 2.75) is 32.4 Å². The molecule has 17 heavy (non-hydrogen) atoms. The van der Waals surface area contributed by atoms with Crippen molar-refractivity contribution in [3.05, 3.63) is 19.8 Å². The lowest BCUT2D eigenvalue weighted by molar-refractivity contribution is 0.0558. The summed E-state index contributed by atoms with van der Waals surface area (Å²) >= 11 is 11.1. The first-order valence-corrected chi connectivity index (χ1v) is 7.90. The van der Waals surface area contributed by atoms with Crippen molar-refractivity contribution in [3.8, 4) is 0 Å². The molecule has 0 radical (unpaired) electrons. The third-order valence-electron chi connectivity index (χ3n) is 3.27. The van der Waals surface area contributed by atoms with Crippen LogP contribution >= 0.6 is 38.9 Å². The van der Waals surface area contributed by atoms with Crippen LogP contribution in [0.4, 0.5) is 0 Å². The Kier molecular flexibility index (Phi) is 5.30. The van der Waals surface area contributed by atoms with E-state index in [2.05, 4.69) is 34.2 Å². The minimum Gasteiger partial charge on any atom is -0.381 e. The van der Waals surface area contributed by atoms with Gasteiger partial charge in [0.05, 0.1) is 0 Å². The smallest absolute Gasteiger partial charge is 0.107 e. The molecule has 1 N–H and O–H groups in total. The molecule has 2 heterocycles. The van der Waals surface area contributed by atoms with E-state index < -0.39 is 0 Å². The van der Waals surface area contributed by atoms with Gasteiger partial charge in [0.2, 0.25) is 0 Å². The fraction of sp³-hybridized carbons (Fsp3) is 0.667. The molecule has 1 aliphatic rings. The lowest BCUT2D eigenvalue weighted by Gasteiger charge is -2.28. The summed E-state index contributed by atoms with van der Waals surface area (Å²) < 4.78 is 7.22. The van der Waals surface area contributed by atoms with E-state index in [1.807, 2.05) is 0 Å². The van der Waals surface area contributed by atoms with Crippen molar-refractivity contribution in [3.63, 3.8) is 0 Å². The van der Waals surface area contributed by atoms with Crippen LogP contribution < -0.4 is 5.32 Å². The fourth-order valence-corrected chi connectivity index (χ4v) is 3.86. The average molecular weight is 339 g/mol. The lowest BCUT2D eigenvalue weighted by Crippen LogP contribution is -2.36. The molecule has 0 aliphatic carbocycles. The number of ether oxygens (including phenoxy) is 1. The van der Waals surface area contributed by atoms with E-state index in [4.69, 9.17) is 16.3 Å². The molecule has 1 aromatic heterocycles. The number of rotatable bonds is 4. The normalized spacial score (nSPS) is 19.5. The van der Waals surface area contributed by atoms with Crippen molar-refractivity contribution in [1.29, 1.82) is 0 Å². The Morgan fingerprint density at radius 2 is 2.29 bits per heavy atom. The zero-order chi connectivity index (χ0) is 12.3. The molecule has 0 aromatic carbocycles. The fourth-order valence-electron chi connectivity index (χ4n) is 2.12. The second-order valence-electron chi connectivity index (χ2n) is 4.45. The van der Waals surface area contributed by atoms with Crippen LogP contribution in [0.2, 0.25) is 4.34 Å². The number of thiophene rings is 1. The van der Waals surface area contributed by atoms with E-state index in [0.29, 0.717) is 6.04 Å². The third-order valence-corrected chi connectivity index (χ3v) is 5.74. The molecule has 1 saturated heterocycles. The van der Waals surface area contributed by atoms with Gasteiger partial charge in [0.25, 0.3) is 0 Å². The Balaban J connectivity index is 1.80. The van der Waals surface area contributed by atoms with E-state index in [1.165, 1.54) is 17.7 Å². The quantitative estimate of drug-likeness (QED) is 0.893. The number of nitrogens with one attached hydrogen (secondary N) is 1. The van der Waals surface area contributed by atoms with Crippen molar-refractivity contribution in [2.24, 2.45) is 5.92 Å². The highest BCUT2D eigenvalue weighted by Gasteiger charge is 2.20. The van der Waals surface area contributed by atoms with E-state index in [1.54, 1.807) is 11.3 Å².